The first-order chi connectivity index (χ1) is 13.2. The van der Waals surface area contributed by atoms with Gasteiger partial charge in [0.05, 0.1) is 12.7 Å². The first kappa shape index (κ1) is 17.1. The van der Waals surface area contributed by atoms with E-state index < -0.39 is 0 Å². The van der Waals surface area contributed by atoms with Crippen LogP contribution in [0.4, 0.5) is 0 Å². The fraction of sp³-hybridized carbons (Fsp3) is 0.125. The molecule has 0 saturated heterocycles. The number of hydrogen-bond donors (Lipinski definition) is 0. The second kappa shape index (κ2) is 7.12. The topological polar surface area (TPSA) is 35.5 Å². The Morgan fingerprint density at radius 1 is 0.889 bits per heavy atom. The standard InChI is InChI=1S/C24H20O3/c1-16-11-12-22-20(13-16)21(15-27-22)23(17-7-4-3-5-8-17)18-9-6-10-19(14-18)24(25)26-2/h3-14H,15H2,1-2H3/b23-21-. The van der Waals surface area contributed by atoms with Crippen LogP contribution in [0.15, 0.2) is 72.8 Å². The van der Waals surface area contributed by atoms with Crippen molar-refractivity contribution in [2.45, 2.75) is 6.92 Å². The van der Waals surface area contributed by atoms with Crippen LogP contribution >= 0.6 is 0 Å². The quantitative estimate of drug-likeness (QED) is 0.610. The summed E-state index contributed by atoms with van der Waals surface area (Å²) in [5, 5.41) is 0. The van der Waals surface area contributed by atoms with Crippen molar-refractivity contribution in [3.05, 3.63) is 101 Å². The maximum absolute atomic E-state index is 12.0. The summed E-state index contributed by atoms with van der Waals surface area (Å²) in [4.78, 5) is 12.0. The highest BCUT2D eigenvalue weighted by molar-refractivity contribution is 6.02. The highest BCUT2D eigenvalue weighted by atomic mass is 16.5. The molecule has 134 valence electrons. The number of carbonyl (C=O) groups is 1. The van der Waals surface area contributed by atoms with E-state index in [4.69, 9.17) is 9.47 Å². The molecule has 27 heavy (non-hydrogen) atoms. The Kier molecular flexibility index (Phi) is 4.51. The molecule has 3 aromatic rings. The molecule has 0 bridgehead atoms. The largest absolute Gasteiger partial charge is 0.488 e. The van der Waals surface area contributed by atoms with Gasteiger partial charge >= 0.3 is 5.97 Å². The first-order valence-electron chi connectivity index (χ1n) is 8.88. The second-order valence-electron chi connectivity index (χ2n) is 6.58. The van der Waals surface area contributed by atoms with E-state index in [0.717, 1.165) is 33.6 Å². The Hall–Kier alpha value is -3.33. The number of benzene rings is 3. The summed E-state index contributed by atoms with van der Waals surface area (Å²) >= 11 is 0. The highest BCUT2D eigenvalue weighted by Gasteiger charge is 2.23. The molecule has 0 amide bonds. The van der Waals surface area contributed by atoms with Gasteiger partial charge in [-0.25, -0.2) is 4.79 Å². The molecule has 0 unspecified atom stereocenters. The van der Waals surface area contributed by atoms with Crippen molar-refractivity contribution in [3.8, 4) is 5.75 Å². The van der Waals surface area contributed by atoms with Crippen LogP contribution in [0.25, 0.3) is 11.1 Å². The van der Waals surface area contributed by atoms with E-state index in [1.54, 1.807) is 6.07 Å². The number of rotatable bonds is 3. The molecular weight excluding hydrogens is 336 g/mol. The van der Waals surface area contributed by atoms with Gasteiger partial charge in [0.25, 0.3) is 0 Å². The van der Waals surface area contributed by atoms with Crippen molar-refractivity contribution in [2.75, 3.05) is 13.7 Å². The number of methoxy groups -OCH3 is 1. The molecule has 0 spiro atoms. The molecule has 0 fully saturated rings. The zero-order chi connectivity index (χ0) is 18.8. The summed E-state index contributed by atoms with van der Waals surface area (Å²) in [5.74, 6) is 0.557. The van der Waals surface area contributed by atoms with Crippen molar-refractivity contribution in [2.24, 2.45) is 0 Å². The summed E-state index contributed by atoms with van der Waals surface area (Å²) in [7, 11) is 1.40. The van der Waals surface area contributed by atoms with Crippen molar-refractivity contribution >= 4 is 17.1 Å². The van der Waals surface area contributed by atoms with Crippen molar-refractivity contribution in [1.82, 2.24) is 0 Å². The summed E-state index contributed by atoms with van der Waals surface area (Å²) < 4.78 is 10.8. The lowest BCUT2D eigenvalue weighted by Crippen LogP contribution is -2.03. The van der Waals surface area contributed by atoms with E-state index in [9.17, 15) is 4.79 Å². The maximum atomic E-state index is 12.0. The van der Waals surface area contributed by atoms with Crippen LogP contribution in [0, 0.1) is 6.92 Å². The van der Waals surface area contributed by atoms with Gasteiger partial charge in [-0.15, -0.1) is 0 Å². The van der Waals surface area contributed by atoms with E-state index in [1.807, 2.05) is 42.5 Å². The molecule has 4 rings (SSSR count). The molecule has 3 aromatic carbocycles. The normalized spacial score (nSPS) is 14.3. The number of hydrogen-bond acceptors (Lipinski definition) is 3. The van der Waals surface area contributed by atoms with Gasteiger partial charge in [-0.05, 0) is 47.9 Å². The molecule has 0 radical (unpaired) electrons. The average molecular weight is 356 g/mol. The predicted molar refractivity (Wildman–Crippen MR) is 107 cm³/mol. The Morgan fingerprint density at radius 2 is 1.63 bits per heavy atom. The summed E-state index contributed by atoms with van der Waals surface area (Å²) in [6.07, 6.45) is 0. The van der Waals surface area contributed by atoms with Crippen LogP contribution in [-0.4, -0.2) is 19.7 Å². The van der Waals surface area contributed by atoms with Gasteiger partial charge in [-0.3, -0.25) is 0 Å². The molecular formula is C24H20O3. The van der Waals surface area contributed by atoms with Crippen LogP contribution in [0.2, 0.25) is 0 Å². The van der Waals surface area contributed by atoms with Crippen molar-refractivity contribution in [3.63, 3.8) is 0 Å². The number of fused-ring (bicyclic) bond motifs is 1. The third-order valence-corrected chi connectivity index (χ3v) is 4.77. The van der Waals surface area contributed by atoms with E-state index in [2.05, 4.69) is 31.2 Å². The van der Waals surface area contributed by atoms with Gasteiger partial charge in [0.1, 0.15) is 12.4 Å². The van der Waals surface area contributed by atoms with Crippen LogP contribution < -0.4 is 4.74 Å². The summed E-state index contributed by atoms with van der Waals surface area (Å²) in [6, 6.07) is 24.0. The Morgan fingerprint density at radius 3 is 2.41 bits per heavy atom. The number of aryl methyl sites for hydroxylation is 1. The minimum absolute atomic E-state index is 0.340. The van der Waals surface area contributed by atoms with Crippen molar-refractivity contribution in [1.29, 1.82) is 0 Å². The van der Waals surface area contributed by atoms with Gasteiger partial charge < -0.3 is 9.47 Å². The predicted octanol–water partition coefficient (Wildman–Crippen LogP) is 5.13. The smallest absolute Gasteiger partial charge is 0.337 e. The van der Waals surface area contributed by atoms with Crippen LogP contribution in [0.1, 0.15) is 32.6 Å². The molecule has 1 aliphatic heterocycles. The molecule has 1 aliphatic rings. The van der Waals surface area contributed by atoms with Crippen LogP contribution in [0.3, 0.4) is 0 Å². The van der Waals surface area contributed by atoms with Gasteiger partial charge in [-0.2, -0.15) is 0 Å². The minimum atomic E-state index is -0.340. The van der Waals surface area contributed by atoms with Gasteiger partial charge in [0.2, 0.25) is 0 Å². The lowest BCUT2D eigenvalue weighted by molar-refractivity contribution is 0.0600. The van der Waals surface area contributed by atoms with Gasteiger partial charge in [0, 0.05) is 11.1 Å². The molecule has 0 atom stereocenters. The first-order valence-corrected chi connectivity index (χ1v) is 8.88. The number of esters is 1. The molecule has 0 saturated carbocycles. The monoisotopic (exact) mass is 356 g/mol. The molecule has 0 aliphatic carbocycles. The fourth-order valence-electron chi connectivity index (χ4n) is 3.48. The SMILES string of the molecule is COC(=O)c1cccc(/C(=C2/COc3ccc(C)cc32)c2ccccc2)c1. The lowest BCUT2D eigenvalue weighted by atomic mass is 9.89. The van der Waals surface area contributed by atoms with Crippen LogP contribution in [-0.2, 0) is 4.74 Å². The number of ether oxygens (including phenoxy) is 2. The van der Waals surface area contributed by atoms with E-state index in [-0.39, 0.29) is 5.97 Å². The van der Waals surface area contributed by atoms with Crippen molar-refractivity contribution < 1.29 is 14.3 Å². The second-order valence-corrected chi connectivity index (χ2v) is 6.58. The molecule has 1 heterocycles. The van der Waals surface area contributed by atoms with Gasteiger partial charge in [0.15, 0.2) is 0 Å². The minimum Gasteiger partial charge on any atom is -0.488 e. The zero-order valence-corrected chi connectivity index (χ0v) is 15.4. The molecule has 3 nitrogen and oxygen atoms in total. The Balaban J connectivity index is 1.96. The summed E-state index contributed by atoms with van der Waals surface area (Å²) in [6.45, 7) is 2.59. The summed E-state index contributed by atoms with van der Waals surface area (Å²) in [5.41, 5.74) is 7.09. The third kappa shape index (κ3) is 3.24. The Bertz CT molecular complexity index is 1030. The van der Waals surface area contributed by atoms with E-state index in [0.29, 0.717) is 12.2 Å². The van der Waals surface area contributed by atoms with Gasteiger partial charge in [-0.1, -0.05) is 54.1 Å². The van der Waals surface area contributed by atoms with Crippen LogP contribution in [0.5, 0.6) is 5.75 Å². The zero-order valence-electron chi connectivity index (χ0n) is 15.4. The fourth-order valence-corrected chi connectivity index (χ4v) is 3.48. The molecule has 3 heteroatoms. The third-order valence-electron chi connectivity index (χ3n) is 4.77. The lowest BCUT2D eigenvalue weighted by Gasteiger charge is -2.14. The number of carbonyl (C=O) groups excluding carboxylic acids is 1. The molecule has 0 aromatic heterocycles. The van der Waals surface area contributed by atoms with E-state index in [1.165, 1.54) is 12.7 Å². The average Bonchev–Trinajstić information content (AvgIpc) is 3.11. The molecule has 0 N–H and O–H groups in total. The van der Waals surface area contributed by atoms with E-state index >= 15 is 0 Å². The maximum Gasteiger partial charge on any atom is 0.337 e. The highest BCUT2D eigenvalue weighted by Crippen LogP contribution is 2.41. The Labute approximate surface area is 158 Å².